The molecule has 0 aliphatic rings. The van der Waals surface area contributed by atoms with Crippen molar-refractivity contribution < 1.29 is 22.7 Å². The molecule has 3 aromatic rings. The minimum absolute atomic E-state index is 0.0969. The second-order valence-electron chi connectivity index (χ2n) is 7.26. The lowest BCUT2D eigenvalue weighted by Crippen LogP contribution is -2.31. The molecule has 3 rings (SSSR count). The normalized spacial score (nSPS) is 12.0. The second-order valence-corrected chi connectivity index (χ2v) is 8.95. The maximum atomic E-state index is 12.5. The van der Waals surface area contributed by atoms with E-state index in [1.807, 2.05) is 50.2 Å². The molecular weight excluding hydrogens is 428 g/mol. The third-order valence-electron chi connectivity index (χ3n) is 4.79. The van der Waals surface area contributed by atoms with Gasteiger partial charge in [0.15, 0.2) is 6.61 Å². The molecule has 1 amide bonds. The van der Waals surface area contributed by atoms with E-state index < -0.39 is 10.0 Å². The lowest BCUT2D eigenvalue weighted by Gasteiger charge is -2.17. The Hall–Kier alpha value is -3.52. The minimum Gasteiger partial charge on any atom is -0.496 e. The number of para-hydroxylation sites is 1. The summed E-state index contributed by atoms with van der Waals surface area (Å²) in [6, 6.07) is 20.1. The molecule has 0 fully saturated rings. The SMILES string of the molecule is COc1ccccc1[C@H](C)NC(=O)COc1ccc(S(=O)(=O)Nc2ccc(C)cc2)cc1. The molecule has 0 saturated heterocycles. The van der Waals surface area contributed by atoms with E-state index in [4.69, 9.17) is 9.47 Å². The number of carbonyl (C=O) groups excluding carboxylic acids is 1. The number of amides is 1. The Morgan fingerprint density at radius 1 is 0.969 bits per heavy atom. The van der Waals surface area contributed by atoms with Gasteiger partial charge in [0.1, 0.15) is 11.5 Å². The van der Waals surface area contributed by atoms with Crippen LogP contribution in [0.4, 0.5) is 5.69 Å². The number of rotatable bonds is 9. The van der Waals surface area contributed by atoms with Crippen molar-refractivity contribution in [2.45, 2.75) is 24.8 Å². The van der Waals surface area contributed by atoms with Gasteiger partial charge in [0.05, 0.1) is 18.0 Å². The number of hydrogen-bond acceptors (Lipinski definition) is 5. The molecule has 0 heterocycles. The average Bonchev–Trinajstić information content (AvgIpc) is 2.79. The fourth-order valence-electron chi connectivity index (χ4n) is 3.08. The number of hydrogen-bond donors (Lipinski definition) is 2. The van der Waals surface area contributed by atoms with Crippen molar-refractivity contribution in [2.24, 2.45) is 0 Å². The van der Waals surface area contributed by atoms with E-state index >= 15 is 0 Å². The Morgan fingerprint density at radius 3 is 2.28 bits per heavy atom. The van der Waals surface area contributed by atoms with E-state index in [9.17, 15) is 13.2 Å². The van der Waals surface area contributed by atoms with E-state index in [0.29, 0.717) is 17.2 Å². The number of methoxy groups -OCH3 is 1. The lowest BCUT2D eigenvalue weighted by molar-refractivity contribution is -0.123. The van der Waals surface area contributed by atoms with E-state index in [2.05, 4.69) is 10.0 Å². The van der Waals surface area contributed by atoms with Crippen molar-refractivity contribution in [3.05, 3.63) is 83.9 Å². The third-order valence-corrected chi connectivity index (χ3v) is 6.19. The largest absolute Gasteiger partial charge is 0.496 e. The zero-order valence-electron chi connectivity index (χ0n) is 18.2. The predicted octanol–water partition coefficient (Wildman–Crippen LogP) is 4.06. The van der Waals surface area contributed by atoms with Crippen molar-refractivity contribution in [2.75, 3.05) is 18.4 Å². The number of carbonyl (C=O) groups is 1. The maximum Gasteiger partial charge on any atom is 0.261 e. The first-order valence-electron chi connectivity index (χ1n) is 10.0. The molecule has 0 aliphatic heterocycles. The Kier molecular flexibility index (Phi) is 7.37. The van der Waals surface area contributed by atoms with Crippen LogP contribution in [0, 0.1) is 6.92 Å². The van der Waals surface area contributed by atoms with Crippen LogP contribution in [0.3, 0.4) is 0 Å². The zero-order chi connectivity index (χ0) is 23.1. The van der Waals surface area contributed by atoms with Gasteiger partial charge in [0, 0.05) is 11.3 Å². The molecule has 0 aliphatic carbocycles. The van der Waals surface area contributed by atoms with Gasteiger partial charge in [-0.2, -0.15) is 0 Å². The lowest BCUT2D eigenvalue weighted by atomic mass is 10.1. The molecule has 0 radical (unpaired) electrons. The van der Waals surface area contributed by atoms with Crippen molar-refractivity contribution in [1.82, 2.24) is 5.32 Å². The van der Waals surface area contributed by atoms with Crippen molar-refractivity contribution in [3.63, 3.8) is 0 Å². The second kappa shape index (κ2) is 10.2. The van der Waals surface area contributed by atoms with Crippen LogP contribution < -0.4 is 19.5 Å². The molecule has 2 N–H and O–H groups in total. The molecule has 0 aromatic heterocycles. The average molecular weight is 455 g/mol. The molecule has 0 unspecified atom stereocenters. The van der Waals surface area contributed by atoms with Crippen LogP contribution in [0.25, 0.3) is 0 Å². The van der Waals surface area contributed by atoms with Crippen molar-refractivity contribution in [3.8, 4) is 11.5 Å². The number of anilines is 1. The Balaban J connectivity index is 1.56. The van der Waals surface area contributed by atoms with Gasteiger partial charge in [-0.15, -0.1) is 0 Å². The van der Waals surface area contributed by atoms with Crippen LogP contribution in [0.5, 0.6) is 11.5 Å². The van der Waals surface area contributed by atoms with Crippen LogP contribution in [-0.4, -0.2) is 28.0 Å². The molecule has 0 spiro atoms. The number of aryl methyl sites for hydroxylation is 1. The summed E-state index contributed by atoms with van der Waals surface area (Å²) in [6.45, 7) is 3.58. The van der Waals surface area contributed by atoms with Gasteiger partial charge < -0.3 is 14.8 Å². The molecular formula is C24H26N2O5S. The van der Waals surface area contributed by atoms with Crippen molar-refractivity contribution in [1.29, 1.82) is 0 Å². The summed E-state index contributed by atoms with van der Waals surface area (Å²) < 4.78 is 38.5. The summed E-state index contributed by atoms with van der Waals surface area (Å²) in [5.74, 6) is 0.776. The monoisotopic (exact) mass is 454 g/mol. The van der Waals surface area contributed by atoms with Gasteiger partial charge in [-0.25, -0.2) is 8.42 Å². The number of sulfonamides is 1. The number of nitrogens with one attached hydrogen (secondary N) is 2. The molecule has 32 heavy (non-hydrogen) atoms. The van der Waals surface area contributed by atoms with Gasteiger partial charge in [-0.1, -0.05) is 35.9 Å². The fraction of sp³-hybridized carbons (Fsp3) is 0.208. The standard InChI is InChI=1S/C24H26N2O5S/c1-17-8-10-19(11-9-17)26-32(28,29)21-14-12-20(13-15-21)31-16-24(27)25-18(2)22-6-4-5-7-23(22)30-3/h4-15,18,26H,16H2,1-3H3,(H,25,27)/t18-/m0/s1. The smallest absolute Gasteiger partial charge is 0.261 e. The van der Waals surface area contributed by atoms with Gasteiger partial charge in [-0.05, 0) is 56.3 Å². The van der Waals surface area contributed by atoms with Gasteiger partial charge >= 0.3 is 0 Å². The van der Waals surface area contributed by atoms with E-state index in [0.717, 1.165) is 11.1 Å². The summed E-state index contributed by atoms with van der Waals surface area (Å²) in [5.41, 5.74) is 2.38. The first kappa shape index (κ1) is 23.1. The van der Waals surface area contributed by atoms with Crippen LogP contribution in [0.1, 0.15) is 24.1 Å². The van der Waals surface area contributed by atoms with E-state index in [1.54, 1.807) is 19.2 Å². The Labute approximate surface area is 188 Å². The van der Waals surface area contributed by atoms with Crippen LogP contribution in [0.2, 0.25) is 0 Å². The first-order chi connectivity index (χ1) is 15.3. The molecule has 0 saturated carbocycles. The summed E-state index contributed by atoms with van der Waals surface area (Å²) in [6.07, 6.45) is 0. The van der Waals surface area contributed by atoms with Crippen LogP contribution in [0.15, 0.2) is 77.7 Å². The fourth-order valence-corrected chi connectivity index (χ4v) is 4.14. The summed E-state index contributed by atoms with van der Waals surface area (Å²) >= 11 is 0. The summed E-state index contributed by atoms with van der Waals surface area (Å²) in [4.78, 5) is 12.4. The third kappa shape index (κ3) is 6.01. The van der Waals surface area contributed by atoms with Crippen molar-refractivity contribution >= 4 is 21.6 Å². The van der Waals surface area contributed by atoms with E-state index in [1.165, 1.54) is 24.3 Å². The molecule has 3 aromatic carbocycles. The number of benzene rings is 3. The highest BCUT2D eigenvalue weighted by atomic mass is 32.2. The maximum absolute atomic E-state index is 12.5. The molecule has 8 heteroatoms. The van der Waals surface area contributed by atoms with Gasteiger partial charge in [0.25, 0.3) is 15.9 Å². The molecule has 168 valence electrons. The zero-order valence-corrected chi connectivity index (χ0v) is 19.0. The van der Waals surface area contributed by atoms with Gasteiger partial charge in [0.2, 0.25) is 0 Å². The Morgan fingerprint density at radius 2 is 1.62 bits per heavy atom. The summed E-state index contributed by atoms with van der Waals surface area (Å²) in [5, 5.41) is 2.86. The molecule has 0 bridgehead atoms. The number of ether oxygens (including phenoxy) is 2. The highest BCUT2D eigenvalue weighted by Gasteiger charge is 2.16. The van der Waals surface area contributed by atoms with Crippen LogP contribution in [-0.2, 0) is 14.8 Å². The van der Waals surface area contributed by atoms with E-state index in [-0.39, 0.29) is 23.5 Å². The molecule has 7 nitrogen and oxygen atoms in total. The molecule has 1 atom stereocenters. The van der Waals surface area contributed by atoms with Crippen LogP contribution >= 0.6 is 0 Å². The predicted molar refractivity (Wildman–Crippen MR) is 123 cm³/mol. The van der Waals surface area contributed by atoms with Gasteiger partial charge in [-0.3, -0.25) is 9.52 Å². The Bertz CT molecular complexity index is 1160. The quantitative estimate of drug-likeness (QED) is 0.509. The highest BCUT2D eigenvalue weighted by molar-refractivity contribution is 7.92. The topological polar surface area (TPSA) is 93.7 Å². The first-order valence-corrected chi connectivity index (χ1v) is 11.5. The summed E-state index contributed by atoms with van der Waals surface area (Å²) in [7, 11) is -2.14. The highest BCUT2D eigenvalue weighted by Crippen LogP contribution is 2.24. The minimum atomic E-state index is -3.72.